The van der Waals surface area contributed by atoms with Crippen molar-refractivity contribution in [3.05, 3.63) is 29.8 Å². The maximum Gasteiger partial charge on any atom is 0.0587 e. The maximum absolute atomic E-state index is 5.00. The summed E-state index contributed by atoms with van der Waals surface area (Å²) < 4.78 is 5.00. The third-order valence-electron chi connectivity index (χ3n) is 2.95. The molecule has 0 atom stereocenters. The standard InChI is InChI=1S/C15H25NOS/c1-4-14(5-2)18-15-8-6-13(7-9-15)12-16-10-11-17-3/h6-9,14,16H,4-5,10-12H2,1-3H3. The lowest BCUT2D eigenvalue weighted by Crippen LogP contribution is -2.18. The van der Waals surface area contributed by atoms with Gasteiger partial charge >= 0.3 is 0 Å². The van der Waals surface area contributed by atoms with E-state index in [4.69, 9.17) is 4.74 Å². The quantitative estimate of drug-likeness (QED) is 0.544. The number of rotatable bonds is 9. The molecule has 0 fully saturated rings. The van der Waals surface area contributed by atoms with Crippen LogP contribution in [0, 0.1) is 0 Å². The summed E-state index contributed by atoms with van der Waals surface area (Å²) in [6, 6.07) is 8.89. The molecule has 0 aromatic heterocycles. The number of benzene rings is 1. The fourth-order valence-corrected chi connectivity index (χ4v) is 2.75. The Morgan fingerprint density at radius 3 is 2.39 bits per heavy atom. The molecule has 0 bridgehead atoms. The minimum Gasteiger partial charge on any atom is -0.383 e. The second kappa shape index (κ2) is 9.42. The Bertz CT molecular complexity index is 309. The smallest absolute Gasteiger partial charge is 0.0587 e. The fourth-order valence-electron chi connectivity index (χ4n) is 1.74. The molecule has 1 aromatic carbocycles. The first-order chi connectivity index (χ1) is 8.80. The number of thioether (sulfide) groups is 1. The Morgan fingerprint density at radius 1 is 1.17 bits per heavy atom. The highest BCUT2D eigenvalue weighted by molar-refractivity contribution is 8.00. The molecule has 3 heteroatoms. The van der Waals surface area contributed by atoms with E-state index in [2.05, 4.69) is 43.4 Å². The van der Waals surface area contributed by atoms with Crippen molar-refractivity contribution in [1.29, 1.82) is 0 Å². The summed E-state index contributed by atoms with van der Waals surface area (Å²) in [5, 5.41) is 4.10. The van der Waals surface area contributed by atoms with E-state index in [1.54, 1.807) is 7.11 Å². The van der Waals surface area contributed by atoms with E-state index < -0.39 is 0 Å². The van der Waals surface area contributed by atoms with Crippen LogP contribution in [0.25, 0.3) is 0 Å². The van der Waals surface area contributed by atoms with Crippen LogP contribution < -0.4 is 5.32 Å². The topological polar surface area (TPSA) is 21.3 Å². The molecule has 0 spiro atoms. The van der Waals surface area contributed by atoms with Gasteiger partial charge in [0.1, 0.15) is 0 Å². The molecule has 2 nitrogen and oxygen atoms in total. The summed E-state index contributed by atoms with van der Waals surface area (Å²) in [5.74, 6) is 0. The molecular formula is C15H25NOS. The van der Waals surface area contributed by atoms with Crippen LogP contribution >= 0.6 is 11.8 Å². The van der Waals surface area contributed by atoms with Crippen LogP contribution in [0.1, 0.15) is 32.3 Å². The molecule has 0 saturated carbocycles. The van der Waals surface area contributed by atoms with E-state index >= 15 is 0 Å². The van der Waals surface area contributed by atoms with Crippen molar-refractivity contribution in [3.8, 4) is 0 Å². The highest BCUT2D eigenvalue weighted by Crippen LogP contribution is 2.27. The average Bonchev–Trinajstić information content (AvgIpc) is 2.42. The molecular weight excluding hydrogens is 242 g/mol. The second-order valence-electron chi connectivity index (χ2n) is 4.37. The third kappa shape index (κ3) is 5.89. The summed E-state index contributed by atoms with van der Waals surface area (Å²) in [4.78, 5) is 1.38. The van der Waals surface area contributed by atoms with Crippen LogP contribution in [-0.4, -0.2) is 25.5 Å². The van der Waals surface area contributed by atoms with Crippen molar-refractivity contribution in [2.75, 3.05) is 20.3 Å². The zero-order valence-electron chi connectivity index (χ0n) is 11.7. The lowest BCUT2D eigenvalue weighted by atomic mass is 10.2. The van der Waals surface area contributed by atoms with Crippen LogP contribution in [0.4, 0.5) is 0 Å². The van der Waals surface area contributed by atoms with Gasteiger partial charge in [0.05, 0.1) is 6.61 Å². The zero-order valence-corrected chi connectivity index (χ0v) is 12.6. The van der Waals surface area contributed by atoms with Crippen LogP contribution in [0.15, 0.2) is 29.2 Å². The Hall–Kier alpha value is -0.510. The molecule has 0 aliphatic heterocycles. The molecule has 0 heterocycles. The van der Waals surface area contributed by atoms with Crippen molar-refractivity contribution in [3.63, 3.8) is 0 Å². The Kier molecular flexibility index (Phi) is 8.14. The normalized spacial score (nSPS) is 11.1. The first kappa shape index (κ1) is 15.5. The van der Waals surface area contributed by atoms with Gasteiger partial charge in [0.2, 0.25) is 0 Å². The number of hydrogen-bond acceptors (Lipinski definition) is 3. The lowest BCUT2D eigenvalue weighted by molar-refractivity contribution is 0.199. The highest BCUT2D eigenvalue weighted by atomic mass is 32.2. The van der Waals surface area contributed by atoms with Crippen molar-refractivity contribution in [2.24, 2.45) is 0 Å². The van der Waals surface area contributed by atoms with Crippen molar-refractivity contribution >= 4 is 11.8 Å². The van der Waals surface area contributed by atoms with E-state index in [9.17, 15) is 0 Å². The van der Waals surface area contributed by atoms with E-state index in [1.165, 1.54) is 23.3 Å². The molecule has 0 aliphatic rings. The van der Waals surface area contributed by atoms with Crippen molar-refractivity contribution in [1.82, 2.24) is 5.32 Å². The van der Waals surface area contributed by atoms with Crippen LogP contribution in [0.3, 0.4) is 0 Å². The first-order valence-corrected chi connectivity index (χ1v) is 7.63. The lowest BCUT2D eigenvalue weighted by Gasteiger charge is -2.12. The molecule has 1 aromatic rings. The Balaban J connectivity index is 2.37. The first-order valence-electron chi connectivity index (χ1n) is 6.75. The van der Waals surface area contributed by atoms with Crippen LogP contribution in [0.5, 0.6) is 0 Å². The maximum atomic E-state index is 5.00. The second-order valence-corrected chi connectivity index (χ2v) is 5.74. The van der Waals surface area contributed by atoms with E-state index in [0.29, 0.717) is 0 Å². The summed E-state index contributed by atoms with van der Waals surface area (Å²) in [5.41, 5.74) is 1.33. The molecule has 18 heavy (non-hydrogen) atoms. The minimum absolute atomic E-state index is 0.746. The van der Waals surface area contributed by atoms with Gasteiger partial charge in [-0.25, -0.2) is 0 Å². The summed E-state index contributed by atoms with van der Waals surface area (Å²) in [7, 11) is 1.73. The third-order valence-corrected chi connectivity index (χ3v) is 4.49. The van der Waals surface area contributed by atoms with Gasteiger partial charge in [-0.15, -0.1) is 11.8 Å². The van der Waals surface area contributed by atoms with Crippen LogP contribution in [-0.2, 0) is 11.3 Å². The molecule has 1 N–H and O–H groups in total. The van der Waals surface area contributed by atoms with Gasteiger partial charge in [0.15, 0.2) is 0 Å². The molecule has 0 unspecified atom stereocenters. The Morgan fingerprint density at radius 2 is 1.83 bits per heavy atom. The number of methoxy groups -OCH3 is 1. The van der Waals surface area contributed by atoms with E-state index in [0.717, 1.165) is 24.9 Å². The number of nitrogens with one attached hydrogen (secondary N) is 1. The van der Waals surface area contributed by atoms with Gasteiger partial charge < -0.3 is 10.1 Å². The van der Waals surface area contributed by atoms with Gasteiger partial charge in [0, 0.05) is 30.3 Å². The van der Waals surface area contributed by atoms with E-state index in [-0.39, 0.29) is 0 Å². The molecule has 0 radical (unpaired) electrons. The molecule has 0 saturated heterocycles. The molecule has 102 valence electrons. The van der Waals surface area contributed by atoms with Gasteiger partial charge in [-0.2, -0.15) is 0 Å². The van der Waals surface area contributed by atoms with Gasteiger partial charge in [-0.3, -0.25) is 0 Å². The summed E-state index contributed by atoms with van der Waals surface area (Å²) >= 11 is 1.99. The number of hydrogen-bond donors (Lipinski definition) is 1. The zero-order chi connectivity index (χ0) is 13.2. The van der Waals surface area contributed by atoms with Gasteiger partial charge in [0.25, 0.3) is 0 Å². The van der Waals surface area contributed by atoms with E-state index in [1.807, 2.05) is 11.8 Å². The summed E-state index contributed by atoms with van der Waals surface area (Å²) in [6.07, 6.45) is 2.48. The Labute approximate surface area is 116 Å². The predicted octanol–water partition coefficient (Wildman–Crippen LogP) is 3.70. The highest BCUT2D eigenvalue weighted by Gasteiger charge is 2.05. The molecule has 0 amide bonds. The van der Waals surface area contributed by atoms with Crippen LogP contribution in [0.2, 0.25) is 0 Å². The molecule has 1 rings (SSSR count). The van der Waals surface area contributed by atoms with Gasteiger partial charge in [-0.1, -0.05) is 26.0 Å². The summed E-state index contributed by atoms with van der Waals surface area (Å²) in [6.45, 7) is 7.10. The fraction of sp³-hybridized carbons (Fsp3) is 0.600. The monoisotopic (exact) mass is 267 g/mol. The predicted molar refractivity (Wildman–Crippen MR) is 80.3 cm³/mol. The average molecular weight is 267 g/mol. The molecule has 0 aliphatic carbocycles. The largest absolute Gasteiger partial charge is 0.383 e. The minimum atomic E-state index is 0.746. The SMILES string of the molecule is CCC(CC)Sc1ccc(CNCCOC)cc1. The number of ether oxygens (including phenoxy) is 1. The van der Waals surface area contributed by atoms with Crippen molar-refractivity contribution in [2.45, 2.75) is 43.4 Å². The van der Waals surface area contributed by atoms with Crippen molar-refractivity contribution < 1.29 is 4.74 Å². The van der Waals surface area contributed by atoms with Gasteiger partial charge in [-0.05, 0) is 30.5 Å².